The molecule has 2 rings (SSSR count). The van der Waals surface area contributed by atoms with Crippen LogP contribution in [0.1, 0.15) is 37.8 Å². The third-order valence-corrected chi connectivity index (χ3v) is 3.45. The molecule has 0 amide bonds. The third kappa shape index (κ3) is 2.46. The largest absolute Gasteiger partial charge is 0.438 e. The maximum atomic E-state index is 13.9. The number of benzene rings is 1. The minimum Gasteiger partial charge on any atom is -0.438 e. The zero-order valence-electron chi connectivity index (χ0n) is 11.8. The summed E-state index contributed by atoms with van der Waals surface area (Å²) < 4.78 is 19.5. The van der Waals surface area contributed by atoms with E-state index in [1.165, 1.54) is 6.07 Å². The first kappa shape index (κ1) is 14.3. The van der Waals surface area contributed by atoms with Crippen LogP contribution in [-0.4, -0.2) is 5.97 Å². The SMILES string of the molecule is C=C(C)C(=O)OC1(C#CC)CCCc2c(F)cccc21. The quantitative estimate of drug-likeness (QED) is 0.468. The highest BCUT2D eigenvalue weighted by Gasteiger charge is 2.39. The third-order valence-electron chi connectivity index (χ3n) is 3.45. The normalized spacial score (nSPS) is 20.4. The van der Waals surface area contributed by atoms with Gasteiger partial charge in [0.2, 0.25) is 0 Å². The minimum absolute atomic E-state index is 0.268. The molecule has 0 aromatic heterocycles. The van der Waals surface area contributed by atoms with Gasteiger partial charge in [0.15, 0.2) is 5.60 Å². The Kier molecular flexibility index (Phi) is 3.94. The molecule has 0 heterocycles. The van der Waals surface area contributed by atoms with E-state index in [1.807, 2.05) is 0 Å². The average Bonchev–Trinajstić information content (AvgIpc) is 2.40. The molecular formula is C17H17FO2. The van der Waals surface area contributed by atoms with Crippen LogP contribution in [0.5, 0.6) is 0 Å². The van der Waals surface area contributed by atoms with Crippen molar-refractivity contribution >= 4 is 5.97 Å². The fourth-order valence-electron chi connectivity index (χ4n) is 2.55. The van der Waals surface area contributed by atoms with E-state index < -0.39 is 11.6 Å². The van der Waals surface area contributed by atoms with E-state index in [1.54, 1.807) is 26.0 Å². The Bertz CT molecular complexity index is 622. The molecule has 2 nitrogen and oxygen atoms in total. The number of rotatable bonds is 2. The lowest BCUT2D eigenvalue weighted by Crippen LogP contribution is -2.35. The molecule has 104 valence electrons. The smallest absolute Gasteiger partial charge is 0.334 e. The van der Waals surface area contributed by atoms with Gasteiger partial charge in [-0.3, -0.25) is 0 Å². The van der Waals surface area contributed by atoms with Crippen molar-refractivity contribution in [2.45, 2.75) is 38.7 Å². The Hall–Kier alpha value is -2.08. The molecule has 1 aliphatic carbocycles. The van der Waals surface area contributed by atoms with Gasteiger partial charge in [-0.15, -0.1) is 5.92 Å². The van der Waals surface area contributed by atoms with Gasteiger partial charge < -0.3 is 4.74 Å². The van der Waals surface area contributed by atoms with Gasteiger partial charge in [-0.2, -0.15) is 0 Å². The molecule has 1 aromatic rings. The van der Waals surface area contributed by atoms with Gasteiger partial charge in [-0.05, 0) is 38.3 Å². The highest BCUT2D eigenvalue weighted by atomic mass is 19.1. The zero-order chi connectivity index (χ0) is 14.8. The summed E-state index contributed by atoms with van der Waals surface area (Å²) in [6, 6.07) is 4.84. The molecule has 0 saturated carbocycles. The van der Waals surface area contributed by atoms with Gasteiger partial charge in [0.25, 0.3) is 0 Å². The van der Waals surface area contributed by atoms with Crippen LogP contribution in [0.2, 0.25) is 0 Å². The summed E-state index contributed by atoms with van der Waals surface area (Å²) in [5.74, 6) is 5.01. The number of carbonyl (C=O) groups is 1. The highest BCUT2D eigenvalue weighted by molar-refractivity contribution is 5.87. The van der Waals surface area contributed by atoms with E-state index >= 15 is 0 Å². The van der Waals surface area contributed by atoms with Gasteiger partial charge in [-0.1, -0.05) is 24.6 Å². The van der Waals surface area contributed by atoms with E-state index in [9.17, 15) is 9.18 Å². The van der Waals surface area contributed by atoms with Crippen LogP contribution in [-0.2, 0) is 21.6 Å². The van der Waals surface area contributed by atoms with Crippen molar-refractivity contribution in [2.75, 3.05) is 0 Å². The summed E-state index contributed by atoms with van der Waals surface area (Å²) in [7, 11) is 0. The van der Waals surface area contributed by atoms with E-state index in [-0.39, 0.29) is 5.82 Å². The summed E-state index contributed by atoms with van der Waals surface area (Å²) in [6.07, 6.45) is 1.94. The monoisotopic (exact) mass is 272 g/mol. The number of halogens is 1. The van der Waals surface area contributed by atoms with Crippen molar-refractivity contribution in [2.24, 2.45) is 0 Å². The van der Waals surface area contributed by atoms with Crippen LogP contribution in [0.3, 0.4) is 0 Å². The number of esters is 1. The van der Waals surface area contributed by atoms with Crippen molar-refractivity contribution in [3.05, 3.63) is 47.3 Å². The lowest BCUT2D eigenvalue weighted by Gasteiger charge is -2.34. The summed E-state index contributed by atoms with van der Waals surface area (Å²) in [4.78, 5) is 11.9. The van der Waals surface area contributed by atoms with Crippen molar-refractivity contribution in [1.29, 1.82) is 0 Å². The summed E-state index contributed by atoms with van der Waals surface area (Å²) >= 11 is 0. The minimum atomic E-state index is -1.06. The Labute approximate surface area is 118 Å². The molecule has 3 heteroatoms. The molecule has 0 saturated heterocycles. The average molecular weight is 272 g/mol. The predicted octanol–water partition coefficient (Wildman–Crippen LogP) is 3.50. The van der Waals surface area contributed by atoms with Crippen molar-refractivity contribution in [3.63, 3.8) is 0 Å². The predicted molar refractivity (Wildman–Crippen MR) is 75.4 cm³/mol. The molecule has 0 bridgehead atoms. The Morgan fingerprint density at radius 1 is 1.50 bits per heavy atom. The first-order chi connectivity index (χ1) is 9.50. The molecule has 0 fully saturated rings. The van der Waals surface area contributed by atoms with Crippen LogP contribution in [0.25, 0.3) is 0 Å². The van der Waals surface area contributed by atoms with Crippen LogP contribution in [0.15, 0.2) is 30.4 Å². The van der Waals surface area contributed by atoms with Crippen molar-refractivity contribution in [3.8, 4) is 11.8 Å². The lowest BCUT2D eigenvalue weighted by molar-refractivity contribution is -0.151. The fourth-order valence-corrected chi connectivity index (χ4v) is 2.55. The number of hydrogen-bond acceptors (Lipinski definition) is 2. The number of ether oxygens (including phenoxy) is 1. The molecule has 0 N–H and O–H groups in total. The number of fused-ring (bicyclic) bond motifs is 1. The molecule has 0 radical (unpaired) electrons. The standard InChI is InChI=1S/C17H17FO2/c1-4-10-17(20-16(19)12(2)3)11-6-7-13-14(17)8-5-9-15(13)18/h5,8-9H,2,6-7,11H2,1,3H3. The fraction of sp³-hybridized carbons (Fsp3) is 0.353. The molecule has 1 aliphatic rings. The van der Waals surface area contributed by atoms with Crippen LogP contribution in [0, 0.1) is 17.7 Å². The molecule has 0 spiro atoms. The second-order valence-electron chi connectivity index (χ2n) is 4.99. The van der Waals surface area contributed by atoms with E-state index in [4.69, 9.17) is 4.74 Å². The van der Waals surface area contributed by atoms with Gasteiger partial charge >= 0.3 is 5.97 Å². The second-order valence-corrected chi connectivity index (χ2v) is 4.99. The molecule has 1 aromatic carbocycles. The summed E-state index contributed by atoms with van der Waals surface area (Å²) in [5, 5.41) is 0. The summed E-state index contributed by atoms with van der Waals surface area (Å²) in [6.45, 7) is 6.86. The lowest BCUT2D eigenvalue weighted by atomic mass is 9.79. The molecule has 20 heavy (non-hydrogen) atoms. The second kappa shape index (κ2) is 5.50. The number of hydrogen-bond donors (Lipinski definition) is 0. The first-order valence-electron chi connectivity index (χ1n) is 6.61. The highest BCUT2D eigenvalue weighted by Crippen LogP contribution is 2.39. The molecule has 0 aliphatic heterocycles. The Morgan fingerprint density at radius 3 is 2.90 bits per heavy atom. The Morgan fingerprint density at radius 2 is 2.25 bits per heavy atom. The number of carbonyl (C=O) groups excluding carboxylic acids is 1. The zero-order valence-corrected chi connectivity index (χ0v) is 11.8. The van der Waals surface area contributed by atoms with Gasteiger partial charge in [0.05, 0.1) is 0 Å². The van der Waals surface area contributed by atoms with E-state index in [0.717, 1.165) is 6.42 Å². The topological polar surface area (TPSA) is 26.3 Å². The van der Waals surface area contributed by atoms with Gasteiger partial charge in [0.1, 0.15) is 5.82 Å². The van der Waals surface area contributed by atoms with E-state index in [2.05, 4.69) is 18.4 Å². The van der Waals surface area contributed by atoms with Gasteiger partial charge in [0, 0.05) is 17.6 Å². The maximum absolute atomic E-state index is 13.9. The summed E-state index contributed by atoms with van der Waals surface area (Å²) in [5.41, 5.74) is 0.509. The molecular weight excluding hydrogens is 255 g/mol. The Balaban J connectivity index is 2.55. The molecule has 1 atom stereocenters. The van der Waals surface area contributed by atoms with Gasteiger partial charge in [-0.25, -0.2) is 9.18 Å². The van der Waals surface area contributed by atoms with E-state index in [0.29, 0.717) is 29.5 Å². The van der Waals surface area contributed by atoms with Crippen LogP contribution >= 0.6 is 0 Å². The maximum Gasteiger partial charge on any atom is 0.334 e. The van der Waals surface area contributed by atoms with Crippen LogP contribution < -0.4 is 0 Å². The van der Waals surface area contributed by atoms with Crippen molar-refractivity contribution < 1.29 is 13.9 Å². The first-order valence-corrected chi connectivity index (χ1v) is 6.61. The van der Waals surface area contributed by atoms with Crippen molar-refractivity contribution in [1.82, 2.24) is 0 Å². The van der Waals surface area contributed by atoms with Crippen LogP contribution in [0.4, 0.5) is 4.39 Å². The molecule has 1 unspecified atom stereocenters.